The van der Waals surface area contributed by atoms with Crippen molar-refractivity contribution in [2.75, 3.05) is 13.1 Å². The number of pyridine rings is 1. The van der Waals surface area contributed by atoms with E-state index in [1.54, 1.807) is 29.3 Å². The first-order chi connectivity index (χ1) is 10.2. The van der Waals surface area contributed by atoms with Crippen molar-refractivity contribution in [1.82, 2.24) is 20.1 Å². The molecule has 2 aromatic rings. The van der Waals surface area contributed by atoms with Crippen LogP contribution in [0.15, 0.2) is 36.5 Å². The highest BCUT2D eigenvalue weighted by Crippen LogP contribution is 2.17. The molecule has 2 aromatic heterocycles. The van der Waals surface area contributed by atoms with Crippen molar-refractivity contribution < 1.29 is 9.53 Å². The molecule has 1 aliphatic heterocycles. The molecule has 0 radical (unpaired) electrons. The van der Waals surface area contributed by atoms with Gasteiger partial charge >= 0.3 is 0 Å². The molecule has 1 fully saturated rings. The quantitative estimate of drug-likeness (QED) is 0.854. The highest BCUT2D eigenvalue weighted by Gasteiger charge is 2.29. The lowest BCUT2D eigenvalue weighted by Crippen LogP contribution is -2.31. The van der Waals surface area contributed by atoms with Crippen LogP contribution in [0.25, 0.3) is 0 Å². The lowest BCUT2D eigenvalue weighted by Gasteiger charge is -2.16. The Labute approximate surface area is 122 Å². The molecule has 3 rings (SSSR count). The summed E-state index contributed by atoms with van der Waals surface area (Å²) in [4.78, 5) is 18.1. The number of ether oxygens (including phenoxy) is 1. The largest absolute Gasteiger partial charge is 0.471 e. The lowest BCUT2D eigenvalue weighted by molar-refractivity contribution is 0.0765. The van der Waals surface area contributed by atoms with Crippen molar-refractivity contribution in [2.24, 2.45) is 0 Å². The van der Waals surface area contributed by atoms with Crippen LogP contribution in [0.2, 0.25) is 0 Å². The van der Waals surface area contributed by atoms with Gasteiger partial charge in [-0.05, 0) is 25.1 Å². The smallest absolute Gasteiger partial charge is 0.272 e. The number of carbonyl (C=O) groups is 1. The molecule has 0 N–H and O–H groups in total. The van der Waals surface area contributed by atoms with Crippen molar-refractivity contribution in [3.05, 3.63) is 47.9 Å². The van der Waals surface area contributed by atoms with E-state index in [1.165, 1.54) is 0 Å². The van der Waals surface area contributed by atoms with Crippen LogP contribution in [-0.4, -0.2) is 45.2 Å². The predicted octanol–water partition coefficient (Wildman–Crippen LogP) is 1.47. The summed E-state index contributed by atoms with van der Waals surface area (Å²) < 4.78 is 5.76. The first kappa shape index (κ1) is 13.5. The van der Waals surface area contributed by atoms with Crippen molar-refractivity contribution in [3.63, 3.8) is 0 Å². The maximum atomic E-state index is 12.3. The minimum Gasteiger partial charge on any atom is -0.471 e. The van der Waals surface area contributed by atoms with E-state index < -0.39 is 0 Å². The molecule has 1 atom stereocenters. The summed E-state index contributed by atoms with van der Waals surface area (Å²) in [5.74, 6) is 0.439. The molecule has 0 saturated carbocycles. The summed E-state index contributed by atoms with van der Waals surface area (Å²) in [6, 6.07) is 8.98. The highest BCUT2D eigenvalue weighted by atomic mass is 16.5. The fraction of sp³-hybridized carbons (Fsp3) is 0.333. The molecule has 0 spiro atoms. The van der Waals surface area contributed by atoms with Gasteiger partial charge in [0.05, 0.1) is 12.2 Å². The monoisotopic (exact) mass is 284 g/mol. The second-order valence-electron chi connectivity index (χ2n) is 5.01. The van der Waals surface area contributed by atoms with Gasteiger partial charge < -0.3 is 9.64 Å². The van der Waals surface area contributed by atoms with Crippen LogP contribution in [0.5, 0.6) is 5.88 Å². The topological polar surface area (TPSA) is 68.2 Å². The van der Waals surface area contributed by atoms with Crippen LogP contribution in [-0.2, 0) is 0 Å². The summed E-state index contributed by atoms with van der Waals surface area (Å²) >= 11 is 0. The Bertz CT molecular complexity index is 615. The summed E-state index contributed by atoms with van der Waals surface area (Å²) in [5.41, 5.74) is 1.31. The minimum atomic E-state index is -0.0586. The third kappa shape index (κ3) is 3.16. The average Bonchev–Trinajstić information content (AvgIpc) is 2.98. The van der Waals surface area contributed by atoms with Gasteiger partial charge in [0.1, 0.15) is 11.8 Å². The van der Waals surface area contributed by atoms with E-state index in [4.69, 9.17) is 4.74 Å². The van der Waals surface area contributed by atoms with E-state index >= 15 is 0 Å². The van der Waals surface area contributed by atoms with Crippen LogP contribution < -0.4 is 4.74 Å². The number of aryl methyl sites for hydroxylation is 1. The summed E-state index contributed by atoms with van der Waals surface area (Å²) in [6.45, 7) is 3.09. The van der Waals surface area contributed by atoms with Crippen LogP contribution in [0.1, 0.15) is 22.6 Å². The van der Waals surface area contributed by atoms with Crippen LogP contribution in [0, 0.1) is 6.92 Å². The molecule has 3 heterocycles. The zero-order valence-corrected chi connectivity index (χ0v) is 11.8. The second kappa shape index (κ2) is 5.87. The van der Waals surface area contributed by atoms with E-state index in [9.17, 15) is 4.79 Å². The van der Waals surface area contributed by atoms with E-state index in [-0.39, 0.29) is 12.0 Å². The van der Waals surface area contributed by atoms with Crippen LogP contribution in [0.4, 0.5) is 0 Å². The number of nitrogens with zero attached hydrogens (tertiary/aromatic N) is 4. The standard InChI is InChI=1S/C15H16N4O2/c1-11-5-6-14(18-17-11)21-12-7-9-19(10-12)15(20)13-4-2-3-8-16-13/h2-6,8,12H,7,9-10H2,1H3/t12-/m1/s1. The molecule has 21 heavy (non-hydrogen) atoms. The second-order valence-corrected chi connectivity index (χ2v) is 5.01. The molecular formula is C15H16N4O2. The summed E-state index contributed by atoms with van der Waals surface area (Å²) in [7, 11) is 0. The maximum absolute atomic E-state index is 12.3. The van der Waals surface area contributed by atoms with Gasteiger partial charge in [-0.2, -0.15) is 5.10 Å². The van der Waals surface area contributed by atoms with Gasteiger partial charge in [0.15, 0.2) is 0 Å². The number of hydrogen-bond donors (Lipinski definition) is 0. The Morgan fingerprint density at radius 1 is 1.29 bits per heavy atom. The van der Waals surface area contributed by atoms with Crippen molar-refractivity contribution in [1.29, 1.82) is 0 Å². The molecule has 6 heteroatoms. The van der Waals surface area contributed by atoms with Crippen molar-refractivity contribution in [3.8, 4) is 5.88 Å². The van der Waals surface area contributed by atoms with Gasteiger partial charge in [0.25, 0.3) is 5.91 Å². The lowest BCUT2D eigenvalue weighted by atomic mass is 10.3. The Morgan fingerprint density at radius 2 is 2.19 bits per heavy atom. The zero-order chi connectivity index (χ0) is 14.7. The van der Waals surface area contributed by atoms with E-state index in [0.29, 0.717) is 24.7 Å². The molecule has 1 amide bonds. The fourth-order valence-electron chi connectivity index (χ4n) is 2.28. The SMILES string of the molecule is Cc1ccc(O[C@@H]2CCN(C(=O)c3ccccn3)C2)nn1. The van der Waals surface area contributed by atoms with Gasteiger partial charge in [0.2, 0.25) is 5.88 Å². The first-order valence-corrected chi connectivity index (χ1v) is 6.89. The molecule has 1 saturated heterocycles. The Morgan fingerprint density at radius 3 is 2.90 bits per heavy atom. The van der Waals surface area contributed by atoms with E-state index in [1.807, 2.05) is 19.1 Å². The molecule has 0 unspecified atom stereocenters. The number of rotatable bonds is 3. The molecule has 0 aliphatic carbocycles. The maximum Gasteiger partial charge on any atom is 0.272 e. The summed E-state index contributed by atoms with van der Waals surface area (Å²) in [6.07, 6.45) is 2.36. The number of likely N-dealkylation sites (tertiary alicyclic amines) is 1. The Balaban J connectivity index is 1.60. The van der Waals surface area contributed by atoms with Gasteiger partial charge in [-0.1, -0.05) is 6.07 Å². The molecule has 108 valence electrons. The van der Waals surface area contributed by atoms with Gasteiger partial charge in [-0.25, -0.2) is 0 Å². The molecule has 0 aromatic carbocycles. The van der Waals surface area contributed by atoms with Crippen molar-refractivity contribution in [2.45, 2.75) is 19.4 Å². The highest BCUT2D eigenvalue weighted by molar-refractivity contribution is 5.92. The first-order valence-electron chi connectivity index (χ1n) is 6.89. The normalized spacial score (nSPS) is 17.8. The molecular weight excluding hydrogens is 268 g/mol. The predicted molar refractivity (Wildman–Crippen MR) is 75.9 cm³/mol. The fourth-order valence-corrected chi connectivity index (χ4v) is 2.28. The average molecular weight is 284 g/mol. The van der Waals surface area contributed by atoms with Gasteiger partial charge in [-0.15, -0.1) is 5.10 Å². The molecule has 0 bridgehead atoms. The number of aromatic nitrogens is 3. The van der Waals surface area contributed by atoms with E-state index in [2.05, 4.69) is 15.2 Å². The Hall–Kier alpha value is -2.50. The molecule has 1 aliphatic rings. The van der Waals surface area contributed by atoms with Crippen molar-refractivity contribution >= 4 is 5.91 Å². The number of carbonyl (C=O) groups excluding carboxylic acids is 1. The van der Waals surface area contributed by atoms with Crippen LogP contribution >= 0.6 is 0 Å². The zero-order valence-electron chi connectivity index (χ0n) is 11.8. The minimum absolute atomic E-state index is 0.0466. The van der Waals surface area contributed by atoms with Gasteiger partial charge in [0, 0.05) is 25.2 Å². The molecule has 6 nitrogen and oxygen atoms in total. The Kier molecular flexibility index (Phi) is 3.77. The van der Waals surface area contributed by atoms with Crippen LogP contribution in [0.3, 0.4) is 0 Å². The number of hydrogen-bond acceptors (Lipinski definition) is 5. The number of amides is 1. The van der Waals surface area contributed by atoms with E-state index in [0.717, 1.165) is 12.1 Å². The van der Waals surface area contributed by atoms with Gasteiger partial charge in [-0.3, -0.25) is 9.78 Å². The summed E-state index contributed by atoms with van der Waals surface area (Å²) in [5, 5.41) is 7.94. The third-order valence-electron chi connectivity index (χ3n) is 3.38. The third-order valence-corrected chi connectivity index (χ3v) is 3.38.